The lowest BCUT2D eigenvalue weighted by Crippen LogP contribution is -2.43. The van der Waals surface area contributed by atoms with Gasteiger partial charge >= 0.3 is 5.97 Å². The fraction of sp³-hybridized carbons (Fsp3) is 0.391. The van der Waals surface area contributed by atoms with E-state index < -0.39 is 0 Å². The van der Waals surface area contributed by atoms with E-state index >= 15 is 0 Å². The molecule has 0 radical (unpaired) electrons. The first-order valence-electron chi connectivity index (χ1n) is 10.3. The van der Waals surface area contributed by atoms with E-state index in [2.05, 4.69) is 57.8 Å². The molecule has 2 aromatic heterocycles. The van der Waals surface area contributed by atoms with Crippen LogP contribution in [-0.2, 0) is 16.1 Å². The maximum atomic E-state index is 13.5. The van der Waals surface area contributed by atoms with Crippen molar-refractivity contribution in [3.63, 3.8) is 0 Å². The monoisotopic (exact) mass is 488 g/mol. The number of hydrogen-bond acceptors (Lipinski definition) is 4. The number of carbonyl (C=O) groups is 2. The molecule has 0 bridgehead atoms. The highest BCUT2D eigenvalue weighted by Gasteiger charge is 2.31. The second-order valence-electron chi connectivity index (χ2n) is 7.74. The number of thiophene rings is 1. The topological polar surface area (TPSA) is 51.5 Å². The number of halogens is 1. The number of ether oxygens (including phenoxy) is 1. The summed E-state index contributed by atoms with van der Waals surface area (Å²) in [6.45, 7) is 5.97. The van der Waals surface area contributed by atoms with Gasteiger partial charge in [0.15, 0.2) is 0 Å². The van der Waals surface area contributed by atoms with Gasteiger partial charge in [0, 0.05) is 19.6 Å². The number of aromatic nitrogens is 1. The fourth-order valence-corrected chi connectivity index (χ4v) is 5.58. The van der Waals surface area contributed by atoms with Crippen molar-refractivity contribution < 1.29 is 14.3 Å². The Kier molecular flexibility index (Phi) is 6.29. The molecule has 30 heavy (non-hydrogen) atoms. The van der Waals surface area contributed by atoms with Crippen molar-refractivity contribution in [2.75, 3.05) is 19.7 Å². The van der Waals surface area contributed by atoms with Gasteiger partial charge in [-0.3, -0.25) is 9.59 Å². The maximum Gasteiger partial charge on any atom is 0.310 e. The summed E-state index contributed by atoms with van der Waals surface area (Å²) < 4.78 is 9.41. The molecule has 158 valence electrons. The second-order valence-corrected chi connectivity index (χ2v) is 10.2. The Labute approximate surface area is 188 Å². The van der Waals surface area contributed by atoms with Gasteiger partial charge in [0.05, 0.1) is 26.5 Å². The second kappa shape index (κ2) is 8.94. The predicted molar refractivity (Wildman–Crippen MR) is 123 cm³/mol. The number of carbonyl (C=O) groups excluding carboxylic acids is 2. The smallest absolute Gasteiger partial charge is 0.310 e. The Bertz CT molecular complexity index is 1070. The van der Waals surface area contributed by atoms with Crippen LogP contribution in [-0.4, -0.2) is 41.0 Å². The molecule has 3 aromatic rings. The number of piperidine rings is 1. The molecule has 5 nitrogen and oxygen atoms in total. The molecule has 1 fully saturated rings. The van der Waals surface area contributed by atoms with Gasteiger partial charge in [-0.1, -0.05) is 29.8 Å². The Hall–Kier alpha value is -2.12. The van der Waals surface area contributed by atoms with E-state index in [1.54, 1.807) is 11.3 Å². The molecule has 1 unspecified atom stereocenters. The SMILES string of the molecule is CCOC(=O)C1CCCN(C(=O)c2cc3sc(Br)cc3n2Cc2ccc(C)cc2)C1. The quantitative estimate of drug-likeness (QED) is 0.461. The van der Waals surface area contributed by atoms with E-state index in [1.165, 1.54) is 5.56 Å². The van der Waals surface area contributed by atoms with Crippen LogP contribution in [0.5, 0.6) is 0 Å². The first-order valence-corrected chi connectivity index (χ1v) is 11.9. The predicted octanol–water partition coefficient (Wildman–Crippen LogP) is 5.24. The van der Waals surface area contributed by atoms with Gasteiger partial charge in [0.25, 0.3) is 5.91 Å². The summed E-state index contributed by atoms with van der Waals surface area (Å²) in [7, 11) is 0. The summed E-state index contributed by atoms with van der Waals surface area (Å²) in [6, 6.07) is 12.5. The van der Waals surface area contributed by atoms with Gasteiger partial charge in [0.1, 0.15) is 5.69 Å². The fourth-order valence-electron chi connectivity index (χ4n) is 4.01. The molecule has 4 rings (SSSR count). The van der Waals surface area contributed by atoms with Gasteiger partial charge in [-0.25, -0.2) is 0 Å². The van der Waals surface area contributed by atoms with E-state index in [1.807, 2.05) is 17.9 Å². The van der Waals surface area contributed by atoms with Crippen molar-refractivity contribution in [1.29, 1.82) is 0 Å². The standard InChI is InChI=1S/C23H25BrN2O3S/c1-3-29-23(28)17-5-4-10-25(14-17)22(27)19-11-20-18(12-21(24)30-20)26(19)13-16-8-6-15(2)7-9-16/h6-9,11-12,17H,3-5,10,13-14H2,1-2H3. The van der Waals surface area contributed by atoms with Crippen LogP contribution in [0, 0.1) is 12.8 Å². The molecule has 0 spiro atoms. The normalized spacial score (nSPS) is 16.8. The van der Waals surface area contributed by atoms with Crippen molar-refractivity contribution in [1.82, 2.24) is 9.47 Å². The molecule has 0 saturated carbocycles. The van der Waals surface area contributed by atoms with Crippen molar-refractivity contribution >= 4 is 49.4 Å². The van der Waals surface area contributed by atoms with E-state index in [-0.39, 0.29) is 17.8 Å². The minimum absolute atomic E-state index is 0.0179. The molecule has 3 heterocycles. The highest BCUT2D eigenvalue weighted by Crippen LogP contribution is 2.34. The van der Waals surface area contributed by atoms with Crippen LogP contribution in [0.2, 0.25) is 0 Å². The number of fused-ring (bicyclic) bond motifs is 1. The van der Waals surface area contributed by atoms with E-state index in [0.29, 0.717) is 31.9 Å². The molecular weight excluding hydrogens is 464 g/mol. The summed E-state index contributed by atoms with van der Waals surface area (Å²) in [6.07, 6.45) is 1.59. The van der Waals surface area contributed by atoms with Crippen LogP contribution in [0.1, 0.15) is 41.4 Å². The number of amides is 1. The lowest BCUT2D eigenvalue weighted by molar-refractivity contribution is -0.149. The van der Waals surface area contributed by atoms with E-state index in [9.17, 15) is 9.59 Å². The first-order chi connectivity index (χ1) is 14.5. The minimum Gasteiger partial charge on any atom is -0.466 e. The van der Waals surface area contributed by atoms with Gasteiger partial charge in [0.2, 0.25) is 0 Å². The molecular formula is C23H25BrN2O3S. The minimum atomic E-state index is -0.238. The third-order valence-corrected chi connectivity index (χ3v) is 7.14. The zero-order valence-corrected chi connectivity index (χ0v) is 19.6. The number of hydrogen-bond donors (Lipinski definition) is 0. The summed E-state index contributed by atoms with van der Waals surface area (Å²) in [5.74, 6) is -0.455. The van der Waals surface area contributed by atoms with Gasteiger partial charge in [-0.05, 0) is 60.3 Å². The van der Waals surface area contributed by atoms with E-state index in [0.717, 1.165) is 32.4 Å². The Balaban J connectivity index is 1.64. The number of esters is 1. The molecule has 1 atom stereocenters. The number of likely N-dealkylation sites (tertiary alicyclic amines) is 1. The van der Waals surface area contributed by atoms with Crippen molar-refractivity contribution in [3.05, 3.63) is 57.0 Å². The summed E-state index contributed by atoms with van der Waals surface area (Å²) >= 11 is 5.20. The third kappa shape index (κ3) is 4.32. The molecule has 1 aliphatic heterocycles. The zero-order valence-electron chi connectivity index (χ0n) is 17.2. The highest BCUT2D eigenvalue weighted by molar-refractivity contribution is 9.11. The van der Waals surface area contributed by atoms with Crippen LogP contribution in [0.25, 0.3) is 10.2 Å². The van der Waals surface area contributed by atoms with Crippen LogP contribution in [0.3, 0.4) is 0 Å². The summed E-state index contributed by atoms with van der Waals surface area (Å²) in [5.41, 5.74) is 4.09. The molecule has 1 aliphatic rings. The maximum absolute atomic E-state index is 13.5. The third-order valence-electron chi connectivity index (χ3n) is 5.57. The van der Waals surface area contributed by atoms with Crippen LogP contribution >= 0.6 is 27.3 Å². The van der Waals surface area contributed by atoms with Crippen LogP contribution < -0.4 is 0 Å². The van der Waals surface area contributed by atoms with Gasteiger partial charge < -0.3 is 14.2 Å². The zero-order chi connectivity index (χ0) is 21.3. The summed E-state index contributed by atoms with van der Waals surface area (Å²) in [4.78, 5) is 27.5. The molecule has 0 aliphatic carbocycles. The average Bonchev–Trinajstić information content (AvgIpc) is 3.26. The number of aryl methyl sites for hydroxylation is 1. The molecule has 0 N–H and O–H groups in total. The largest absolute Gasteiger partial charge is 0.466 e. The first kappa shape index (κ1) is 21.1. The lowest BCUT2D eigenvalue weighted by atomic mass is 9.98. The van der Waals surface area contributed by atoms with Crippen LogP contribution in [0.15, 0.2) is 40.2 Å². The van der Waals surface area contributed by atoms with Crippen LogP contribution in [0.4, 0.5) is 0 Å². The molecule has 7 heteroatoms. The Morgan fingerprint density at radius 2 is 2.00 bits per heavy atom. The lowest BCUT2D eigenvalue weighted by Gasteiger charge is -2.31. The number of nitrogens with zero attached hydrogens (tertiary/aromatic N) is 2. The van der Waals surface area contributed by atoms with Crippen molar-refractivity contribution in [2.24, 2.45) is 5.92 Å². The van der Waals surface area contributed by atoms with Gasteiger partial charge in [-0.2, -0.15) is 0 Å². The molecule has 1 amide bonds. The summed E-state index contributed by atoms with van der Waals surface area (Å²) in [5, 5.41) is 0. The number of rotatable bonds is 5. The van der Waals surface area contributed by atoms with Gasteiger partial charge in [-0.15, -0.1) is 11.3 Å². The highest BCUT2D eigenvalue weighted by atomic mass is 79.9. The van der Waals surface area contributed by atoms with Crippen molar-refractivity contribution in [3.8, 4) is 0 Å². The van der Waals surface area contributed by atoms with E-state index in [4.69, 9.17) is 4.74 Å². The molecule has 1 aromatic carbocycles. The average molecular weight is 489 g/mol. The Morgan fingerprint density at radius 3 is 2.73 bits per heavy atom. The molecule has 1 saturated heterocycles. The Morgan fingerprint density at radius 1 is 1.23 bits per heavy atom. The van der Waals surface area contributed by atoms with Crippen molar-refractivity contribution in [2.45, 2.75) is 33.2 Å². The number of benzene rings is 1.